The molecule has 2 aliphatic rings. The predicted molar refractivity (Wildman–Crippen MR) is 100 cm³/mol. The van der Waals surface area contributed by atoms with Crippen LogP contribution in [0.15, 0.2) is 0 Å². The molecule has 0 radical (unpaired) electrons. The van der Waals surface area contributed by atoms with Crippen LogP contribution in [0.4, 0.5) is 0 Å². The molecular formula is C19H34O11. The van der Waals surface area contributed by atoms with Crippen molar-refractivity contribution in [1.29, 1.82) is 0 Å². The Morgan fingerprint density at radius 3 is 2.03 bits per heavy atom. The van der Waals surface area contributed by atoms with Crippen molar-refractivity contribution in [3.63, 3.8) is 0 Å². The third kappa shape index (κ3) is 5.94. The van der Waals surface area contributed by atoms with Crippen molar-refractivity contribution in [3.05, 3.63) is 0 Å². The van der Waals surface area contributed by atoms with Crippen molar-refractivity contribution >= 4 is 5.78 Å². The summed E-state index contributed by atoms with van der Waals surface area (Å²) in [6.45, 7) is 0.728. The summed E-state index contributed by atoms with van der Waals surface area (Å²) in [6, 6.07) is 0. The van der Waals surface area contributed by atoms with Gasteiger partial charge >= 0.3 is 0 Å². The van der Waals surface area contributed by atoms with Crippen LogP contribution in [-0.2, 0) is 19.0 Å². The molecule has 0 amide bonds. The van der Waals surface area contributed by atoms with Gasteiger partial charge in [0, 0.05) is 12.8 Å². The highest BCUT2D eigenvalue weighted by Gasteiger charge is 2.50. The third-order valence-electron chi connectivity index (χ3n) is 5.59. The SMILES string of the molecule is CCCCCC(=O)CC1O[C@H](CO)[C@@H](O[C@@H]2O[C@H](CO)[C@H](O)[C@H](O)[C@H]2O)[C@H](O)[C@H]1O. The number of aliphatic hydroxyl groups excluding tert-OH is 7. The Morgan fingerprint density at radius 1 is 0.800 bits per heavy atom. The van der Waals surface area contributed by atoms with Crippen LogP contribution in [0.5, 0.6) is 0 Å². The van der Waals surface area contributed by atoms with E-state index < -0.39 is 74.4 Å². The minimum Gasteiger partial charge on any atom is -0.394 e. The summed E-state index contributed by atoms with van der Waals surface area (Å²) < 4.78 is 16.3. The summed E-state index contributed by atoms with van der Waals surface area (Å²) in [5.74, 6) is -0.135. The van der Waals surface area contributed by atoms with Gasteiger partial charge in [0.25, 0.3) is 0 Å². The van der Waals surface area contributed by atoms with Crippen LogP contribution in [0.2, 0.25) is 0 Å². The highest BCUT2D eigenvalue weighted by Crippen LogP contribution is 2.30. The van der Waals surface area contributed by atoms with Gasteiger partial charge in [-0.15, -0.1) is 0 Å². The number of carbonyl (C=O) groups is 1. The van der Waals surface area contributed by atoms with Gasteiger partial charge in [-0.05, 0) is 6.42 Å². The van der Waals surface area contributed by atoms with E-state index in [9.17, 15) is 40.5 Å². The molecule has 2 rings (SSSR count). The standard InChI is InChI=1S/C19H34O11/c1-2-3-4-5-9(22)6-10-13(23)16(26)18(12(8-21)28-10)30-19-17(27)15(25)14(24)11(7-20)29-19/h10-21,23-27H,2-8H2,1H3/t10?,11-,12-,13+,14+,15+,16-,17-,18-,19+/m1/s1. The van der Waals surface area contributed by atoms with Crippen LogP contribution in [0.25, 0.3) is 0 Å². The van der Waals surface area contributed by atoms with Gasteiger partial charge < -0.3 is 50.0 Å². The van der Waals surface area contributed by atoms with Crippen LogP contribution in [0.3, 0.4) is 0 Å². The Morgan fingerprint density at radius 2 is 1.43 bits per heavy atom. The first kappa shape index (κ1) is 25.5. The first-order valence-corrected chi connectivity index (χ1v) is 10.3. The van der Waals surface area contributed by atoms with Crippen LogP contribution in [0, 0.1) is 0 Å². The fourth-order valence-electron chi connectivity index (χ4n) is 3.73. The van der Waals surface area contributed by atoms with E-state index in [0.29, 0.717) is 12.8 Å². The van der Waals surface area contributed by atoms with Gasteiger partial charge in [0.05, 0.1) is 19.3 Å². The molecule has 2 fully saturated rings. The van der Waals surface area contributed by atoms with E-state index >= 15 is 0 Å². The average Bonchev–Trinajstić information content (AvgIpc) is 2.73. The Balaban J connectivity index is 2.03. The summed E-state index contributed by atoms with van der Waals surface area (Å²) in [6.07, 6.45) is -11.7. The molecule has 0 spiro atoms. The zero-order chi connectivity index (χ0) is 22.4. The van der Waals surface area contributed by atoms with Gasteiger partial charge in [-0.3, -0.25) is 4.79 Å². The molecule has 11 heteroatoms. The second-order valence-corrected chi connectivity index (χ2v) is 7.87. The minimum atomic E-state index is -1.72. The van der Waals surface area contributed by atoms with Gasteiger partial charge in [0.2, 0.25) is 0 Å². The first-order valence-electron chi connectivity index (χ1n) is 10.3. The van der Waals surface area contributed by atoms with Gasteiger partial charge in [-0.25, -0.2) is 0 Å². The Bertz CT molecular complexity index is 529. The maximum atomic E-state index is 12.1. The number of rotatable bonds is 10. The van der Waals surface area contributed by atoms with Gasteiger partial charge in [0.1, 0.15) is 54.6 Å². The molecule has 30 heavy (non-hydrogen) atoms. The van der Waals surface area contributed by atoms with E-state index in [1.54, 1.807) is 0 Å². The van der Waals surface area contributed by atoms with Gasteiger partial charge in [-0.2, -0.15) is 0 Å². The van der Waals surface area contributed by atoms with Crippen molar-refractivity contribution in [1.82, 2.24) is 0 Å². The van der Waals surface area contributed by atoms with E-state index in [1.165, 1.54) is 0 Å². The van der Waals surface area contributed by atoms with Gasteiger partial charge in [0.15, 0.2) is 6.29 Å². The molecule has 0 aliphatic carbocycles. The topological polar surface area (TPSA) is 186 Å². The Hall–Kier alpha value is -0.730. The van der Waals surface area contributed by atoms with Crippen LogP contribution in [-0.4, -0.2) is 116 Å². The Kier molecular flexibility index (Phi) is 10.0. The van der Waals surface area contributed by atoms with Crippen LogP contribution < -0.4 is 0 Å². The fraction of sp³-hybridized carbons (Fsp3) is 0.947. The molecule has 176 valence electrons. The molecule has 0 aromatic carbocycles. The van der Waals surface area contributed by atoms with E-state index in [-0.39, 0.29) is 12.2 Å². The number of hydrogen-bond acceptors (Lipinski definition) is 11. The summed E-state index contributed by atoms with van der Waals surface area (Å²) in [7, 11) is 0. The number of Topliss-reactive ketones (excluding diaryl/α,β-unsaturated/α-hetero) is 1. The number of ether oxygens (including phenoxy) is 3. The normalized spacial score (nSPS) is 42.3. The summed E-state index contributed by atoms with van der Waals surface area (Å²) in [5.41, 5.74) is 0. The van der Waals surface area contributed by atoms with Crippen molar-refractivity contribution in [2.24, 2.45) is 0 Å². The lowest BCUT2D eigenvalue weighted by atomic mass is 9.91. The zero-order valence-corrected chi connectivity index (χ0v) is 17.0. The number of carbonyl (C=O) groups excluding carboxylic acids is 1. The maximum absolute atomic E-state index is 12.1. The summed E-state index contributed by atoms with van der Waals surface area (Å²) in [5, 5.41) is 69.7. The second-order valence-electron chi connectivity index (χ2n) is 7.87. The number of unbranched alkanes of at least 4 members (excludes halogenated alkanes) is 2. The third-order valence-corrected chi connectivity index (χ3v) is 5.59. The molecule has 2 aliphatic heterocycles. The molecule has 0 aromatic rings. The van der Waals surface area contributed by atoms with Crippen molar-refractivity contribution in [3.8, 4) is 0 Å². The Labute approximate surface area is 174 Å². The molecule has 2 heterocycles. The molecule has 11 nitrogen and oxygen atoms in total. The molecule has 7 N–H and O–H groups in total. The molecule has 0 aromatic heterocycles. The lowest BCUT2D eigenvalue weighted by Crippen LogP contribution is -2.64. The minimum absolute atomic E-state index is 0.134. The molecule has 10 atom stereocenters. The van der Waals surface area contributed by atoms with Gasteiger partial charge in [-0.1, -0.05) is 19.8 Å². The highest BCUT2D eigenvalue weighted by atomic mass is 16.7. The molecule has 0 saturated carbocycles. The van der Waals surface area contributed by atoms with Crippen molar-refractivity contribution in [2.75, 3.05) is 13.2 Å². The van der Waals surface area contributed by atoms with E-state index in [0.717, 1.165) is 12.8 Å². The smallest absolute Gasteiger partial charge is 0.187 e. The predicted octanol–water partition coefficient (Wildman–Crippen LogP) is -2.81. The van der Waals surface area contributed by atoms with Crippen LogP contribution >= 0.6 is 0 Å². The summed E-state index contributed by atoms with van der Waals surface area (Å²) in [4.78, 5) is 12.1. The summed E-state index contributed by atoms with van der Waals surface area (Å²) >= 11 is 0. The monoisotopic (exact) mass is 438 g/mol. The molecule has 0 bridgehead atoms. The largest absolute Gasteiger partial charge is 0.394 e. The van der Waals surface area contributed by atoms with Crippen molar-refractivity contribution < 1.29 is 54.8 Å². The van der Waals surface area contributed by atoms with Crippen molar-refractivity contribution in [2.45, 2.75) is 100 Å². The van der Waals surface area contributed by atoms with E-state index in [2.05, 4.69) is 0 Å². The average molecular weight is 438 g/mol. The molecule has 2 saturated heterocycles. The molecular weight excluding hydrogens is 404 g/mol. The fourth-order valence-corrected chi connectivity index (χ4v) is 3.73. The number of ketones is 1. The van der Waals surface area contributed by atoms with E-state index in [4.69, 9.17) is 14.2 Å². The quantitative estimate of drug-likeness (QED) is 0.175. The lowest BCUT2D eigenvalue weighted by Gasteiger charge is -2.46. The molecule has 1 unspecified atom stereocenters. The van der Waals surface area contributed by atoms with E-state index in [1.807, 2.05) is 6.92 Å². The highest BCUT2D eigenvalue weighted by molar-refractivity contribution is 5.78. The first-order chi connectivity index (χ1) is 14.2. The number of aliphatic hydroxyl groups is 7. The maximum Gasteiger partial charge on any atom is 0.187 e. The van der Waals surface area contributed by atoms with Crippen LogP contribution in [0.1, 0.15) is 39.0 Å². The number of hydrogen-bond donors (Lipinski definition) is 7. The second kappa shape index (κ2) is 11.8. The zero-order valence-electron chi connectivity index (χ0n) is 17.0. The lowest BCUT2D eigenvalue weighted by molar-refractivity contribution is -0.341.